The molecule has 0 fully saturated rings. The molecule has 1 aromatic rings. The minimum absolute atomic E-state index is 0.518. The number of hydrogen-bond donors (Lipinski definition) is 1. The van der Waals surface area contributed by atoms with Gasteiger partial charge in [-0.25, -0.2) is 4.79 Å². The Morgan fingerprint density at radius 1 is 1.27 bits per heavy atom. The van der Waals surface area contributed by atoms with Crippen LogP contribution in [0.3, 0.4) is 0 Å². The molecule has 1 N–H and O–H groups in total. The Labute approximate surface area is 88.7 Å². The van der Waals surface area contributed by atoms with E-state index in [0.717, 1.165) is 5.56 Å². The Hall–Kier alpha value is -1.51. The van der Waals surface area contributed by atoms with E-state index in [-0.39, 0.29) is 0 Å². The van der Waals surface area contributed by atoms with Gasteiger partial charge in [-0.2, -0.15) is 0 Å². The highest BCUT2D eigenvalue weighted by molar-refractivity contribution is 5.82. The van der Waals surface area contributed by atoms with Gasteiger partial charge in [-0.15, -0.1) is 0 Å². The van der Waals surface area contributed by atoms with Crippen LogP contribution >= 0.6 is 0 Å². The Morgan fingerprint density at radius 2 is 1.87 bits per heavy atom. The van der Waals surface area contributed by atoms with Gasteiger partial charge in [0.2, 0.25) is 5.60 Å². The smallest absolute Gasteiger partial charge is 0.348 e. The molecule has 0 aliphatic carbocycles. The summed E-state index contributed by atoms with van der Waals surface area (Å²) in [5.41, 5.74) is -0.749. The van der Waals surface area contributed by atoms with Crippen molar-refractivity contribution in [2.45, 2.75) is 31.8 Å². The van der Waals surface area contributed by atoms with E-state index in [4.69, 9.17) is 4.74 Å². The zero-order valence-electron chi connectivity index (χ0n) is 9.07. The molecule has 2 rings (SSSR count). The van der Waals surface area contributed by atoms with E-state index in [1.807, 2.05) is 38.1 Å². The molecule has 0 aromatic heterocycles. The van der Waals surface area contributed by atoms with Gasteiger partial charge in [0.1, 0.15) is 5.75 Å². The van der Waals surface area contributed by atoms with Crippen LogP contribution in [0.5, 0.6) is 5.75 Å². The van der Waals surface area contributed by atoms with Crippen molar-refractivity contribution in [3.63, 3.8) is 0 Å². The summed E-state index contributed by atoms with van der Waals surface area (Å²) in [6, 6.07) is 7.48. The Kier molecular flexibility index (Phi) is 1.84. The van der Waals surface area contributed by atoms with Gasteiger partial charge in [0.25, 0.3) is 0 Å². The van der Waals surface area contributed by atoms with Crippen LogP contribution in [0.4, 0.5) is 0 Å². The van der Waals surface area contributed by atoms with Gasteiger partial charge in [-0.3, -0.25) is 0 Å². The number of ether oxygens (including phenoxy) is 1. The van der Waals surface area contributed by atoms with Gasteiger partial charge < -0.3 is 9.84 Å². The van der Waals surface area contributed by atoms with Crippen LogP contribution in [0.1, 0.15) is 26.3 Å². The van der Waals surface area contributed by atoms with Crippen LogP contribution in [-0.2, 0) is 10.2 Å². The SMILES string of the molecule is CC1(C(=O)O)Oc2ccccc2C1(C)C. The molecule has 1 aliphatic rings. The molecule has 0 bridgehead atoms. The highest BCUT2D eigenvalue weighted by Gasteiger charge is 2.56. The molecule has 3 nitrogen and oxygen atoms in total. The van der Waals surface area contributed by atoms with Gasteiger partial charge >= 0.3 is 5.97 Å². The molecule has 0 amide bonds. The quantitative estimate of drug-likeness (QED) is 0.766. The van der Waals surface area contributed by atoms with Crippen LogP contribution in [0.15, 0.2) is 24.3 Å². The minimum atomic E-state index is -1.18. The predicted molar refractivity (Wildman–Crippen MR) is 56.1 cm³/mol. The molecule has 15 heavy (non-hydrogen) atoms. The number of hydrogen-bond acceptors (Lipinski definition) is 2. The van der Waals surface area contributed by atoms with Crippen LogP contribution in [-0.4, -0.2) is 16.7 Å². The van der Waals surface area contributed by atoms with Crippen molar-refractivity contribution in [2.24, 2.45) is 0 Å². The summed E-state index contributed by atoms with van der Waals surface area (Å²) in [5.74, 6) is -0.254. The lowest BCUT2D eigenvalue weighted by atomic mass is 9.73. The molecular weight excluding hydrogens is 192 g/mol. The number of rotatable bonds is 1. The van der Waals surface area contributed by atoms with E-state index in [2.05, 4.69) is 0 Å². The maximum absolute atomic E-state index is 11.3. The van der Waals surface area contributed by atoms with E-state index < -0.39 is 17.0 Å². The van der Waals surface area contributed by atoms with Crippen LogP contribution in [0, 0.1) is 0 Å². The highest BCUT2D eigenvalue weighted by Crippen LogP contribution is 2.48. The second-order valence-corrected chi connectivity index (χ2v) is 4.56. The van der Waals surface area contributed by atoms with Gasteiger partial charge in [0, 0.05) is 11.0 Å². The van der Waals surface area contributed by atoms with E-state index >= 15 is 0 Å². The second kappa shape index (κ2) is 2.75. The predicted octanol–water partition coefficient (Wildman–Crippen LogP) is 2.20. The molecule has 1 unspecified atom stereocenters. The fourth-order valence-corrected chi connectivity index (χ4v) is 1.99. The maximum Gasteiger partial charge on any atom is 0.348 e. The van der Waals surface area contributed by atoms with Crippen molar-refractivity contribution >= 4 is 5.97 Å². The fraction of sp³-hybridized carbons (Fsp3) is 0.417. The monoisotopic (exact) mass is 206 g/mol. The molecule has 0 saturated carbocycles. The molecule has 0 radical (unpaired) electrons. The summed E-state index contributed by atoms with van der Waals surface area (Å²) in [4.78, 5) is 11.3. The zero-order valence-corrected chi connectivity index (χ0v) is 9.07. The topological polar surface area (TPSA) is 46.5 Å². The van der Waals surface area contributed by atoms with E-state index in [1.165, 1.54) is 0 Å². The highest BCUT2D eigenvalue weighted by atomic mass is 16.5. The van der Waals surface area contributed by atoms with Crippen LogP contribution < -0.4 is 4.74 Å². The Balaban J connectivity index is 2.61. The summed E-state index contributed by atoms with van der Waals surface area (Å²) < 4.78 is 5.57. The normalized spacial score (nSPS) is 26.9. The van der Waals surface area contributed by atoms with E-state index in [0.29, 0.717) is 5.75 Å². The fourth-order valence-electron chi connectivity index (χ4n) is 1.99. The number of para-hydroxylation sites is 1. The molecule has 1 atom stereocenters. The Morgan fingerprint density at radius 3 is 2.40 bits per heavy atom. The molecule has 3 heteroatoms. The van der Waals surface area contributed by atoms with Crippen molar-refractivity contribution in [1.82, 2.24) is 0 Å². The molecule has 1 aliphatic heterocycles. The Bertz CT molecular complexity index is 423. The molecular formula is C12H14O3. The summed E-state index contributed by atoms with van der Waals surface area (Å²) >= 11 is 0. The van der Waals surface area contributed by atoms with Gasteiger partial charge in [0.05, 0.1) is 0 Å². The lowest BCUT2D eigenvalue weighted by molar-refractivity contribution is -0.156. The summed E-state index contributed by atoms with van der Waals surface area (Å²) in [7, 11) is 0. The average Bonchev–Trinajstić information content (AvgIpc) is 2.37. The standard InChI is InChI=1S/C12H14O3/c1-11(2)8-6-4-5-7-9(8)15-12(11,3)10(13)14/h4-7H,1-3H3,(H,13,14). The van der Waals surface area contributed by atoms with Crippen LogP contribution in [0.25, 0.3) is 0 Å². The minimum Gasteiger partial charge on any atom is -0.478 e. The number of aliphatic carboxylic acids is 1. The van der Waals surface area contributed by atoms with Gasteiger partial charge in [-0.1, -0.05) is 32.0 Å². The molecule has 0 saturated heterocycles. The maximum atomic E-state index is 11.3. The molecule has 80 valence electrons. The average molecular weight is 206 g/mol. The van der Waals surface area contributed by atoms with Gasteiger partial charge in [-0.05, 0) is 13.0 Å². The number of carboxylic acids is 1. The summed E-state index contributed by atoms with van der Waals surface area (Å²) in [6.45, 7) is 5.41. The molecule has 0 spiro atoms. The van der Waals surface area contributed by atoms with Crippen molar-refractivity contribution in [3.8, 4) is 5.75 Å². The van der Waals surface area contributed by atoms with Crippen molar-refractivity contribution < 1.29 is 14.6 Å². The van der Waals surface area contributed by atoms with Crippen molar-refractivity contribution in [3.05, 3.63) is 29.8 Å². The van der Waals surface area contributed by atoms with Gasteiger partial charge in [0.15, 0.2) is 0 Å². The first kappa shape index (κ1) is 10.0. The van der Waals surface area contributed by atoms with E-state index in [9.17, 15) is 9.90 Å². The summed E-state index contributed by atoms with van der Waals surface area (Å²) in [5, 5.41) is 9.26. The number of benzene rings is 1. The largest absolute Gasteiger partial charge is 0.478 e. The third kappa shape index (κ3) is 1.09. The first-order chi connectivity index (χ1) is 6.89. The number of fused-ring (bicyclic) bond motifs is 1. The number of carboxylic acid groups (broad SMARTS) is 1. The van der Waals surface area contributed by atoms with Crippen molar-refractivity contribution in [2.75, 3.05) is 0 Å². The third-order valence-electron chi connectivity index (χ3n) is 3.48. The number of carbonyl (C=O) groups is 1. The zero-order chi connectivity index (χ0) is 11.3. The molecule has 1 aromatic carbocycles. The lowest BCUT2D eigenvalue weighted by Gasteiger charge is -2.32. The van der Waals surface area contributed by atoms with Crippen molar-refractivity contribution in [1.29, 1.82) is 0 Å². The first-order valence-electron chi connectivity index (χ1n) is 4.91. The third-order valence-corrected chi connectivity index (χ3v) is 3.48. The molecule has 1 heterocycles. The first-order valence-corrected chi connectivity index (χ1v) is 4.91. The second-order valence-electron chi connectivity index (χ2n) is 4.56. The summed E-state index contributed by atoms with van der Waals surface area (Å²) in [6.07, 6.45) is 0. The lowest BCUT2D eigenvalue weighted by Crippen LogP contribution is -2.51. The van der Waals surface area contributed by atoms with Crippen LogP contribution in [0.2, 0.25) is 0 Å². The van der Waals surface area contributed by atoms with E-state index in [1.54, 1.807) is 6.92 Å².